The summed E-state index contributed by atoms with van der Waals surface area (Å²) >= 11 is 0. The lowest BCUT2D eigenvalue weighted by Crippen LogP contribution is -2.17. The minimum Gasteiger partial charge on any atom is -0.0654 e. The number of hydrogen-bond donors (Lipinski definition) is 0. The molecule has 1 rings (SSSR count). The van der Waals surface area contributed by atoms with Crippen LogP contribution in [0.25, 0.3) is 0 Å². The lowest BCUT2D eigenvalue weighted by Gasteiger charge is -2.29. The first-order valence-electron chi connectivity index (χ1n) is 7.88. The Labute approximate surface area is 103 Å². The zero-order valence-corrected chi connectivity index (χ0v) is 11.6. The van der Waals surface area contributed by atoms with Crippen molar-refractivity contribution in [3.8, 4) is 0 Å². The molecule has 0 spiro atoms. The van der Waals surface area contributed by atoms with Crippen molar-refractivity contribution in [1.82, 2.24) is 0 Å². The van der Waals surface area contributed by atoms with E-state index in [1.165, 1.54) is 77.0 Å². The van der Waals surface area contributed by atoms with Gasteiger partial charge in [0, 0.05) is 0 Å². The molecular weight excluding hydrogens is 192 g/mol. The van der Waals surface area contributed by atoms with Gasteiger partial charge in [0.15, 0.2) is 0 Å². The summed E-state index contributed by atoms with van der Waals surface area (Å²) in [6.45, 7) is 4.71. The first-order chi connectivity index (χ1) is 7.88. The van der Waals surface area contributed by atoms with E-state index in [1.54, 1.807) is 0 Å². The van der Waals surface area contributed by atoms with Crippen LogP contribution in [-0.4, -0.2) is 0 Å². The molecule has 1 fully saturated rings. The van der Waals surface area contributed by atoms with Gasteiger partial charge in [-0.15, -0.1) is 0 Å². The molecule has 0 amide bonds. The molecule has 1 aliphatic rings. The third-order valence-corrected chi connectivity index (χ3v) is 4.52. The molecule has 0 heteroatoms. The molecule has 0 heterocycles. The highest BCUT2D eigenvalue weighted by Crippen LogP contribution is 2.34. The molecule has 0 N–H and O–H groups in total. The van der Waals surface area contributed by atoms with Crippen molar-refractivity contribution in [3.05, 3.63) is 0 Å². The Morgan fingerprint density at radius 3 is 2.19 bits per heavy atom. The molecule has 1 atom stereocenters. The topological polar surface area (TPSA) is 0 Å². The quantitative estimate of drug-likeness (QED) is 0.447. The largest absolute Gasteiger partial charge is 0.0654 e. The van der Waals surface area contributed by atoms with Crippen molar-refractivity contribution in [2.75, 3.05) is 0 Å². The van der Waals surface area contributed by atoms with Gasteiger partial charge >= 0.3 is 0 Å². The molecule has 1 unspecified atom stereocenters. The molecule has 0 saturated heterocycles. The Morgan fingerprint density at radius 1 is 0.875 bits per heavy atom. The van der Waals surface area contributed by atoms with Gasteiger partial charge in [0.2, 0.25) is 0 Å². The SMILES string of the molecule is CCCCCCCC(CC)C1CCCCC1. The van der Waals surface area contributed by atoms with E-state index in [1.807, 2.05) is 0 Å². The van der Waals surface area contributed by atoms with E-state index < -0.39 is 0 Å². The van der Waals surface area contributed by atoms with Gasteiger partial charge in [-0.2, -0.15) is 0 Å². The molecule has 0 bridgehead atoms. The van der Waals surface area contributed by atoms with Crippen LogP contribution in [0.15, 0.2) is 0 Å². The summed E-state index contributed by atoms with van der Waals surface area (Å²) in [6.07, 6.45) is 17.8. The van der Waals surface area contributed by atoms with Gasteiger partial charge in [0.05, 0.1) is 0 Å². The fraction of sp³-hybridized carbons (Fsp3) is 1.00. The van der Waals surface area contributed by atoms with E-state index in [0.717, 1.165) is 11.8 Å². The van der Waals surface area contributed by atoms with Crippen LogP contribution >= 0.6 is 0 Å². The van der Waals surface area contributed by atoms with Crippen LogP contribution in [0.1, 0.15) is 90.9 Å². The number of hydrogen-bond acceptors (Lipinski definition) is 0. The lowest BCUT2D eigenvalue weighted by molar-refractivity contribution is 0.225. The predicted molar refractivity (Wildman–Crippen MR) is 73.7 cm³/mol. The fourth-order valence-electron chi connectivity index (χ4n) is 3.39. The van der Waals surface area contributed by atoms with Crippen molar-refractivity contribution in [2.45, 2.75) is 90.9 Å². The molecule has 1 saturated carbocycles. The van der Waals surface area contributed by atoms with E-state index in [-0.39, 0.29) is 0 Å². The van der Waals surface area contributed by atoms with Gasteiger partial charge in [-0.1, -0.05) is 90.9 Å². The average molecular weight is 224 g/mol. The van der Waals surface area contributed by atoms with Crippen molar-refractivity contribution in [3.63, 3.8) is 0 Å². The van der Waals surface area contributed by atoms with Crippen molar-refractivity contribution < 1.29 is 0 Å². The summed E-state index contributed by atoms with van der Waals surface area (Å²) in [5.41, 5.74) is 0. The third-order valence-electron chi connectivity index (χ3n) is 4.52. The predicted octanol–water partition coefficient (Wildman–Crippen LogP) is 5.95. The molecule has 0 aromatic carbocycles. The first kappa shape index (κ1) is 14.1. The van der Waals surface area contributed by atoms with Crippen LogP contribution < -0.4 is 0 Å². The summed E-state index contributed by atoms with van der Waals surface area (Å²) in [5, 5.41) is 0. The van der Waals surface area contributed by atoms with E-state index in [2.05, 4.69) is 13.8 Å². The maximum absolute atomic E-state index is 2.41. The fourth-order valence-corrected chi connectivity index (χ4v) is 3.39. The highest BCUT2D eigenvalue weighted by molar-refractivity contribution is 4.73. The highest BCUT2D eigenvalue weighted by atomic mass is 14.3. The third kappa shape index (κ3) is 5.37. The molecule has 1 aliphatic carbocycles. The smallest absolute Gasteiger partial charge is 0.0386 e. The molecule has 0 aliphatic heterocycles. The number of unbranched alkanes of at least 4 members (excludes halogenated alkanes) is 4. The van der Waals surface area contributed by atoms with E-state index >= 15 is 0 Å². The Morgan fingerprint density at radius 2 is 1.56 bits per heavy atom. The van der Waals surface area contributed by atoms with Gasteiger partial charge in [-0.25, -0.2) is 0 Å². The Balaban J connectivity index is 2.10. The van der Waals surface area contributed by atoms with Crippen LogP contribution in [0, 0.1) is 11.8 Å². The molecule has 0 radical (unpaired) electrons. The Hall–Kier alpha value is 0. The normalized spacial score (nSPS) is 19.9. The van der Waals surface area contributed by atoms with Crippen molar-refractivity contribution in [1.29, 1.82) is 0 Å². The zero-order valence-electron chi connectivity index (χ0n) is 11.6. The highest BCUT2D eigenvalue weighted by Gasteiger charge is 2.21. The molecule has 0 nitrogen and oxygen atoms in total. The van der Waals surface area contributed by atoms with E-state index in [4.69, 9.17) is 0 Å². The number of rotatable bonds is 8. The zero-order chi connectivity index (χ0) is 11.6. The summed E-state index contributed by atoms with van der Waals surface area (Å²) in [4.78, 5) is 0. The summed E-state index contributed by atoms with van der Waals surface area (Å²) < 4.78 is 0. The van der Waals surface area contributed by atoms with E-state index in [0.29, 0.717) is 0 Å². The van der Waals surface area contributed by atoms with Gasteiger partial charge in [0.25, 0.3) is 0 Å². The summed E-state index contributed by atoms with van der Waals surface area (Å²) in [7, 11) is 0. The van der Waals surface area contributed by atoms with Gasteiger partial charge in [0.1, 0.15) is 0 Å². The van der Waals surface area contributed by atoms with Gasteiger partial charge < -0.3 is 0 Å². The molecule has 0 aromatic rings. The molecular formula is C16H32. The van der Waals surface area contributed by atoms with Crippen LogP contribution in [0.3, 0.4) is 0 Å². The van der Waals surface area contributed by atoms with Crippen LogP contribution in [0.2, 0.25) is 0 Å². The second-order valence-corrected chi connectivity index (χ2v) is 5.77. The lowest BCUT2D eigenvalue weighted by atomic mass is 9.76. The summed E-state index contributed by atoms with van der Waals surface area (Å²) in [6, 6.07) is 0. The van der Waals surface area contributed by atoms with E-state index in [9.17, 15) is 0 Å². The van der Waals surface area contributed by atoms with Crippen molar-refractivity contribution in [2.24, 2.45) is 11.8 Å². The Kier molecular flexibility index (Phi) is 7.98. The van der Waals surface area contributed by atoms with Crippen molar-refractivity contribution >= 4 is 0 Å². The van der Waals surface area contributed by atoms with Crippen LogP contribution in [-0.2, 0) is 0 Å². The molecule has 16 heavy (non-hydrogen) atoms. The second-order valence-electron chi connectivity index (χ2n) is 5.77. The molecule has 96 valence electrons. The van der Waals surface area contributed by atoms with Gasteiger partial charge in [-0.3, -0.25) is 0 Å². The maximum Gasteiger partial charge on any atom is -0.0386 e. The summed E-state index contributed by atoms with van der Waals surface area (Å²) in [5.74, 6) is 2.15. The second kappa shape index (κ2) is 9.07. The Bertz CT molecular complexity index is 144. The average Bonchev–Trinajstić information content (AvgIpc) is 2.35. The minimum atomic E-state index is 1.06. The van der Waals surface area contributed by atoms with Crippen LogP contribution in [0.4, 0.5) is 0 Å². The maximum atomic E-state index is 2.41. The van der Waals surface area contributed by atoms with Crippen LogP contribution in [0.5, 0.6) is 0 Å². The monoisotopic (exact) mass is 224 g/mol. The first-order valence-corrected chi connectivity index (χ1v) is 7.88. The van der Waals surface area contributed by atoms with Gasteiger partial charge in [-0.05, 0) is 11.8 Å². The minimum absolute atomic E-state index is 1.06. The standard InChI is InChI=1S/C16H32/c1-3-5-6-7-9-12-15(4-2)16-13-10-8-11-14-16/h15-16H,3-14H2,1-2H3. The molecule has 0 aromatic heterocycles.